The zero-order chi connectivity index (χ0) is 13.7. The van der Waals surface area contributed by atoms with Crippen LogP contribution in [0.4, 0.5) is 5.69 Å². The van der Waals surface area contributed by atoms with Gasteiger partial charge in [-0.25, -0.2) is 0 Å². The van der Waals surface area contributed by atoms with Crippen LogP contribution in [0, 0.1) is 11.3 Å². The maximum Gasteiger partial charge on any atom is 0.185 e. The molecule has 0 atom stereocenters. The second kappa shape index (κ2) is 5.78. The first kappa shape index (κ1) is 12.8. The largest absolute Gasteiger partial charge is 0.491 e. The van der Waals surface area contributed by atoms with Gasteiger partial charge in [-0.1, -0.05) is 30.3 Å². The molecule has 0 aromatic heterocycles. The molecular weight excluding hydrogens is 240 g/mol. The number of nitriles is 1. The van der Waals surface area contributed by atoms with Crippen molar-refractivity contribution in [2.24, 2.45) is 0 Å². The number of benzene rings is 2. The first-order valence-electron chi connectivity index (χ1n) is 5.79. The Hall–Kier alpha value is -2.67. The van der Waals surface area contributed by atoms with Crippen molar-refractivity contribution in [3.05, 3.63) is 53.6 Å². The highest BCUT2D eigenvalue weighted by Gasteiger charge is 2.12. The Labute approximate surface area is 112 Å². The summed E-state index contributed by atoms with van der Waals surface area (Å²) in [6, 6.07) is 15.1. The molecule has 0 spiro atoms. The van der Waals surface area contributed by atoms with E-state index in [1.54, 1.807) is 12.1 Å². The normalized spacial score (nSPS) is 9.68. The van der Waals surface area contributed by atoms with Crippen molar-refractivity contribution in [3.63, 3.8) is 0 Å². The third-order valence-electron chi connectivity index (χ3n) is 2.72. The molecular formula is C15H14N2O2. The topological polar surface area (TPSA) is 68.3 Å². The SMILES string of the molecule is COc1c(OCc2ccccc2)ccc(C#N)c1N. The van der Waals surface area contributed by atoms with Crippen LogP contribution < -0.4 is 15.2 Å². The summed E-state index contributed by atoms with van der Waals surface area (Å²) >= 11 is 0. The third-order valence-corrected chi connectivity index (χ3v) is 2.72. The number of ether oxygens (including phenoxy) is 2. The van der Waals surface area contributed by atoms with Crippen molar-refractivity contribution in [1.29, 1.82) is 5.26 Å². The summed E-state index contributed by atoms with van der Waals surface area (Å²) in [4.78, 5) is 0. The lowest BCUT2D eigenvalue weighted by atomic mass is 10.1. The molecule has 0 radical (unpaired) electrons. The monoisotopic (exact) mass is 254 g/mol. The Morgan fingerprint density at radius 2 is 1.89 bits per heavy atom. The lowest BCUT2D eigenvalue weighted by molar-refractivity contribution is 0.285. The molecule has 2 rings (SSSR count). The number of hydrogen-bond acceptors (Lipinski definition) is 4. The maximum atomic E-state index is 8.91. The lowest BCUT2D eigenvalue weighted by Crippen LogP contribution is -2.01. The fourth-order valence-electron chi connectivity index (χ4n) is 1.74. The Bertz CT molecular complexity index is 604. The standard InChI is InChI=1S/C15H14N2O2/c1-18-15-13(8-7-12(9-16)14(15)17)19-10-11-5-3-2-4-6-11/h2-8H,10,17H2,1H3. The van der Waals surface area contributed by atoms with Gasteiger partial charge in [-0.05, 0) is 17.7 Å². The Morgan fingerprint density at radius 1 is 1.16 bits per heavy atom. The van der Waals surface area contributed by atoms with Crippen LogP contribution in [-0.4, -0.2) is 7.11 Å². The maximum absolute atomic E-state index is 8.91. The molecule has 2 aromatic rings. The van der Waals surface area contributed by atoms with E-state index in [4.69, 9.17) is 20.5 Å². The van der Waals surface area contributed by atoms with Crippen molar-refractivity contribution < 1.29 is 9.47 Å². The predicted molar refractivity (Wildman–Crippen MR) is 72.9 cm³/mol. The Morgan fingerprint density at radius 3 is 2.53 bits per heavy atom. The van der Waals surface area contributed by atoms with Gasteiger partial charge in [0, 0.05) is 0 Å². The van der Waals surface area contributed by atoms with Crippen LogP contribution in [0.3, 0.4) is 0 Å². The number of nitrogens with zero attached hydrogens (tertiary/aromatic N) is 1. The van der Waals surface area contributed by atoms with Crippen LogP contribution >= 0.6 is 0 Å². The molecule has 0 amide bonds. The van der Waals surface area contributed by atoms with Crippen LogP contribution in [0.1, 0.15) is 11.1 Å². The molecule has 0 bridgehead atoms. The number of methoxy groups -OCH3 is 1. The summed E-state index contributed by atoms with van der Waals surface area (Å²) in [6.07, 6.45) is 0. The summed E-state index contributed by atoms with van der Waals surface area (Å²) in [5, 5.41) is 8.91. The number of nitrogen functional groups attached to an aromatic ring is 1. The predicted octanol–water partition coefficient (Wildman–Crippen LogP) is 2.73. The van der Waals surface area contributed by atoms with Crippen LogP contribution in [0.2, 0.25) is 0 Å². The summed E-state index contributed by atoms with van der Waals surface area (Å²) in [5.74, 6) is 0.929. The second-order valence-electron chi connectivity index (χ2n) is 3.94. The van der Waals surface area contributed by atoms with Gasteiger partial charge in [0.05, 0.1) is 18.4 Å². The van der Waals surface area contributed by atoms with E-state index in [1.165, 1.54) is 7.11 Å². The van der Waals surface area contributed by atoms with E-state index in [1.807, 2.05) is 36.4 Å². The fourth-order valence-corrected chi connectivity index (χ4v) is 1.74. The van der Waals surface area contributed by atoms with Gasteiger partial charge < -0.3 is 15.2 Å². The fraction of sp³-hybridized carbons (Fsp3) is 0.133. The highest BCUT2D eigenvalue weighted by atomic mass is 16.5. The number of nitrogens with two attached hydrogens (primary N) is 1. The third kappa shape index (κ3) is 2.78. The first-order chi connectivity index (χ1) is 9.26. The van der Waals surface area contributed by atoms with Crippen molar-refractivity contribution in [2.45, 2.75) is 6.61 Å². The Balaban J connectivity index is 2.22. The van der Waals surface area contributed by atoms with Crippen LogP contribution in [0.25, 0.3) is 0 Å². The van der Waals surface area contributed by atoms with Crippen molar-refractivity contribution in [2.75, 3.05) is 12.8 Å². The highest BCUT2D eigenvalue weighted by Crippen LogP contribution is 2.35. The number of rotatable bonds is 4. The van der Waals surface area contributed by atoms with Crippen LogP contribution in [0.15, 0.2) is 42.5 Å². The Kier molecular flexibility index (Phi) is 3.89. The average molecular weight is 254 g/mol. The van der Waals surface area contributed by atoms with Gasteiger partial charge in [-0.3, -0.25) is 0 Å². The van der Waals surface area contributed by atoms with E-state index in [0.717, 1.165) is 5.56 Å². The van der Waals surface area contributed by atoms with Crippen molar-refractivity contribution in [1.82, 2.24) is 0 Å². The first-order valence-corrected chi connectivity index (χ1v) is 5.79. The molecule has 0 aliphatic rings. The summed E-state index contributed by atoms with van der Waals surface area (Å²) in [6.45, 7) is 0.419. The van der Waals surface area contributed by atoms with Gasteiger partial charge in [0.1, 0.15) is 12.7 Å². The summed E-state index contributed by atoms with van der Waals surface area (Å²) in [7, 11) is 1.50. The van der Waals surface area contributed by atoms with Gasteiger partial charge in [-0.15, -0.1) is 0 Å². The molecule has 0 unspecified atom stereocenters. The minimum atomic E-state index is 0.301. The molecule has 4 nitrogen and oxygen atoms in total. The number of hydrogen-bond donors (Lipinski definition) is 1. The molecule has 0 aliphatic carbocycles. The van der Waals surface area contributed by atoms with Gasteiger partial charge >= 0.3 is 0 Å². The van der Waals surface area contributed by atoms with Gasteiger partial charge in [0.2, 0.25) is 0 Å². The van der Waals surface area contributed by atoms with E-state index in [9.17, 15) is 0 Å². The molecule has 4 heteroatoms. The smallest absolute Gasteiger partial charge is 0.185 e. The quantitative estimate of drug-likeness (QED) is 0.852. The van der Waals surface area contributed by atoms with Crippen LogP contribution in [-0.2, 0) is 6.61 Å². The highest BCUT2D eigenvalue weighted by molar-refractivity contribution is 5.68. The molecule has 0 heterocycles. The van der Waals surface area contributed by atoms with Crippen LogP contribution in [0.5, 0.6) is 11.5 Å². The van der Waals surface area contributed by atoms with E-state index in [0.29, 0.717) is 29.4 Å². The van der Waals surface area contributed by atoms with E-state index in [-0.39, 0.29) is 0 Å². The molecule has 0 saturated heterocycles. The average Bonchev–Trinajstić information content (AvgIpc) is 2.46. The molecule has 0 fully saturated rings. The minimum absolute atomic E-state index is 0.301. The van der Waals surface area contributed by atoms with Gasteiger partial charge in [0.25, 0.3) is 0 Å². The van der Waals surface area contributed by atoms with E-state index in [2.05, 4.69) is 0 Å². The van der Waals surface area contributed by atoms with E-state index >= 15 is 0 Å². The zero-order valence-electron chi connectivity index (χ0n) is 10.6. The van der Waals surface area contributed by atoms with Crippen molar-refractivity contribution >= 4 is 5.69 Å². The van der Waals surface area contributed by atoms with Crippen molar-refractivity contribution in [3.8, 4) is 17.6 Å². The second-order valence-corrected chi connectivity index (χ2v) is 3.94. The lowest BCUT2D eigenvalue weighted by Gasteiger charge is -2.13. The summed E-state index contributed by atoms with van der Waals surface area (Å²) < 4.78 is 10.9. The van der Waals surface area contributed by atoms with E-state index < -0.39 is 0 Å². The molecule has 19 heavy (non-hydrogen) atoms. The molecule has 0 aliphatic heterocycles. The molecule has 2 aromatic carbocycles. The summed E-state index contributed by atoms with van der Waals surface area (Å²) in [5.41, 5.74) is 7.58. The number of anilines is 1. The van der Waals surface area contributed by atoms with Gasteiger partial charge in [-0.2, -0.15) is 5.26 Å². The molecule has 96 valence electrons. The zero-order valence-corrected chi connectivity index (χ0v) is 10.6. The molecule has 2 N–H and O–H groups in total. The van der Waals surface area contributed by atoms with Gasteiger partial charge in [0.15, 0.2) is 11.5 Å². The molecule has 0 saturated carbocycles. The minimum Gasteiger partial charge on any atom is -0.491 e.